The van der Waals surface area contributed by atoms with Gasteiger partial charge in [0.2, 0.25) is 5.91 Å². The topological polar surface area (TPSA) is 151 Å². The molecule has 4 unspecified atom stereocenters. The number of methoxy groups -OCH3 is 1. The highest BCUT2D eigenvalue weighted by Gasteiger charge is 2.89. The molecule has 2 aromatic rings. The number of alkyl carbamates (subject to hydrolysis) is 1. The number of sulfone groups is 1. The Morgan fingerprint density at radius 1 is 1.10 bits per heavy atom. The van der Waals surface area contributed by atoms with Gasteiger partial charge in [-0.05, 0) is 48.3 Å². The first-order chi connectivity index (χ1) is 19.2. The number of carbonyl (C=O) groups excluding carboxylic acids is 3. The van der Waals surface area contributed by atoms with Crippen LogP contribution in [0, 0.1) is 34.7 Å². The fourth-order valence-corrected chi connectivity index (χ4v) is 9.22. The third-order valence-electron chi connectivity index (χ3n) is 8.44. The molecule has 3 amide bonds. The van der Waals surface area contributed by atoms with Gasteiger partial charge in [0.1, 0.15) is 0 Å². The second-order valence-corrected chi connectivity index (χ2v) is 13.0. The summed E-state index contributed by atoms with van der Waals surface area (Å²) in [6, 6.07) is 4.70. The van der Waals surface area contributed by atoms with Gasteiger partial charge in [-0.1, -0.05) is 11.6 Å². The summed E-state index contributed by atoms with van der Waals surface area (Å²) in [4.78, 5) is 35.6. The Balaban J connectivity index is 1.24. The Kier molecular flexibility index (Phi) is 7.23. The van der Waals surface area contributed by atoms with Crippen LogP contribution in [0.2, 0.25) is 5.02 Å². The van der Waals surface area contributed by atoms with E-state index in [1.54, 1.807) is 0 Å². The highest BCUT2D eigenvalue weighted by Crippen LogP contribution is 2.85. The average molecular weight is 616 g/mol. The van der Waals surface area contributed by atoms with Crippen molar-refractivity contribution in [2.45, 2.75) is 35.0 Å². The molecule has 0 saturated heterocycles. The molecule has 220 valence electrons. The van der Waals surface area contributed by atoms with Gasteiger partial charge < -0.3 is 25.8 Å². The SMILES string of the molecule is COC(=O)NCCC(=O)NC[C@@]1(O)C2CC(S(=O)(=O)c3cc(C(=O)Nc4cc(F)c(F)c(F)c4)ccc3Cl)C23CC31. The third kappa shape index (κ3) is 4.71. The van der Waals surface area contributed by atoms with Crippen molar-refractivity contribution in [2.75, 3.05) is 25.5 Å². The molecule has 1 spiro atoms. The normalized spacial score (nSPS) is 27.3. The zero-order chi connectivity index (χ0) is 29.9. The Hall–Kier alpha value is -3.36. The molecule has 3 aliphatic carbocycles. The van der Waals surface area contributed by atoms with E-state index in [0.717, 1.165) is 6.07 Å². The van der Waals surface area contributed by atoms with Crippen LogP contribution in [0.5, 0.6) is 0 Å². The average Bonchev–Trinajstić information content (AvgIpc) is 3.67. The van der Waals surface area contributed by atoms with Crippen molar-refractivity contribution < 1.29 is 45.8 Å². The van der Waals surface area contributed by atoms with Crippen LogP contribution in [0.15, 0.2) is 35.2 Å². The fourth-order valence-electron chi connectivity index (χ4n) is 6.40. The number of anilines is 1. The van der Waals surface area contributed by atoms with Crippen LogP contribution in [0.4, 0.5) is 23.7 Å². The van der Waals surface area contributed by atoms with Crippen molar-refractivity contribution >= 4 is 45.0 Å². The molecule has 5 atom stereocenters. The summed E-state index contributed by atoms with van der Waals surface area (Å²) < 4.78 is 72.0. The van der Waals surface area contributed by atoms with Crippen molar-refractivity contribution in [3.8, 4) is 0 Å². The molecule has 5 rings (SSSR count). The number of aliphatic hydroxyl groups is 1. The van der Waals surface area contributed by atoms with Gasteiger partial charge in [-0.15, -0.1) is 0 Å². The van der Waals surface area contributed by atoms with E-state index < -0.39 is 61.5 Å². The molecule has 15 heteroatoms. The Morgan fingerprint density at radius 3 is 2.41 bits per heavy atom. The number of hydrogen-bond acceptors (Lipinski definition) is 7. The van der Waals surface area contributed by atoms with Crippen molar-refractivity contribution in [3.05, 3.63) is 58.4 Å². The van der Waals surface area contributed by atoms with Crippen LogP contribution in [-0.2, 0) is 19.4 Å². The minimum Gasteiger partial charge on any atom is -0.453 e. The van der Waals surface area contributed by atoms with Crippen LogP contribution in [0.1, 0.15) is 29.6 Å². The maximum atomic E-state index is 13.6. The third-order valence-corrected chi connectivity index (χ3v) is 11.2. The molecule has 0 heterocycles. The van der Waals surface area contributed by atoms with Crippen molar-refractivity contribution in [3.63, 3.8) is 0 Å². The van der Waals surface area contributed by atoms with Crippen molar-refractivity contribution in [1.29, 1.82) is 0 Å². The second-order valence-electron chi connectivity index (χ2n) is 10.5. The van der Waals surface area contributed by atoms with Gasteiger partial charge in [0.05, 0.1) is 27.9 Å². The van der Waals surface area contributed by atoms with E-state index in [9.17, 15) is 41.1 Å². The maximum Gasteiger partial charge on any atom is 0.406 e. The summed E-state index contributed by atoms with van der Waals surface area (Å²) in [5.74, 6) is -6.71. The number of carbonyl (C=O) groups is 3. The van der Waals surface area contributed by atoms with Gasteiger partial charge in [-0.2, -0.15) is 0 Å². The zero-order valence-corrected chi connectivity index (χ0v) is 23.0. The molecule has 2 aromatic carbocycles. The molecule has 0 radical (unpaired) electrons. The van der Waals surface area contributed by atoms with E-state index in [1.807, 2.05) is 0 Å². The Labute approximate surface area is 237 Å². The smallest absolute Gasteiger partial charge is 0.406 e. The molecule has 0 aliphatic heterocycles. The van der Waals surface area contributed by atoms with Crippen LogP contribution in [0.25, 0.3) is 0 Å². The van der Waals surface area contributed by atoms with Crippen LogP contribution < -0.4 is 16.0 Å². The number of ether oxygens (including phenoxy) is 1. The number of halogens is 4. The first-order valence-electron chi connectivity index (χ1n) is 12.6. The first-order valence-corrected chi connectivity index (χ1v) is 14.5. The number of nitrogens with one attached hydrogen (secondary N) is 3. The number of benzene rings is 2. The van der Waals surface area contributed by atoms with Gasteiger partial charge in [0.25, 0.3) is 5.91 Å². The molecular formula is C26H25ClF3N3O7S. The molecule has 4 N–H and O–H groups in total. The van der Waals surface area contributed by atoms with Gasteiger partial charge in [0.15, 0.2) is 27.3 Å². The number of amides is 3. The predicted molar refractivity (Wildman–Crippen MR) is 138 cm³/mol. The first kappa shape index (κ1) is 29.1. The molecule has 41 heavy (non-hydrogen) atoms. The van der Waals surface area contributed by atoms with Gasteiger partial charge in [-0.3, -0.25) is 9.59 Å². The van der Waals surface area contributed by atoms with Crippen molar-refractivity contribution in [2.24, 2.45) is 17.3 Å². The van der Waals surface area contributed by atoms with E-state index in [4.69, 9.17) is 11.6 Å². The summed E-state index contributed by atoms with van der Waals surface area (Å²) in [6.07, 6.45) is -0.145. The highest BCUT2D eigenvalue weighted by molar-refractivity contribution is 7.92. The van der Waals surface area contributed by atoms with Gasteiger partial charge in [-0.25, -0.2) is 26.4 Å². The molecule has 0 bridgehead atoms. The summed E-state index contributed by atoms with van der Waals surface area (Å²) in [6.45, 7) is -0.0154. The predicted octanol–water partition coefficient (Wildman–Crippen LogP) is 2.79. The molecule has 3 fully saturated rings. The van der Waals surface area contributed by atoms with Gasteiger partial charge in [0, 0.05) is 42.9 Å². The minimum atomic E-state index is -4.06. The zero-order valence-electron chi connectivity index (χ0n) is 21.5. The van der Waals surface area contributed by atoms with Gasteiger partial charge >= 0.3 is 6.09 Å². The lowest BCUT2D eigenvalue weighted by Gasteiger charge is -2.62. The Morgan fingerprint density at radius 2 is 1.78 bits per heavy atom. The van der Waals surface area contributed by atoms with Crippen molar-refractivity contribution in [1.82, 2.24) is 10.6 Å². The fraction of sp³-hybridized carbons (Fsp3) is 0.423. The van der Waals surface area contributed by atoms with Crippen LogP contribution >= 0.6 is 11.6 Å². The second kappa shape index (κ2) is 10.2. The molecule has 10 nitrogen and oxygen atoms in total. The lowest BCUT2D eigenvalue weighted by Crippen LogP contribution is -2.72. The maximum absolute atomic E-state index is 13.6. The quantitative estimate of drug-likeness (QED) is 0.317. The number of rotatable bonds is 9. The van der Waals surface area contributed by atoms with Crippen LogP contribution in [0.3, 0.4) is 0 Å². The monoisotopic (exact) mass is 615 g/mol. The molecule has 3 saturated carbocycles. The molecular weight excluding hydrogens is 591 g/mol. The Bertz CT molecular complexity index is 1550. The summed E-state index contributed by atoms with van der Waals surface area (Å²) >= 11 is 6.22. The van der Waals surface area contributed by atoms with E-state index in [-0.39, 0.29) is 58.9 Å². The summed E-state index contributed by atoms with van der Waals surface area (Å²) in [7, 11) is -2.87. The van der Waals surface area contributed by atoms with E-state index in [1.165, 1.54) is 19.2 Å². The highest BCUT2D eigenvalue weighted by atomic mass is 35.5. The lowest BCUT2D eigenvalue weighted by molar-refractivity contribution is -0.188. The van der Waals surface area contributed by atoms with E-state index in [2.05, 4.69) is 20.7 Å². The summed E-state index contributed by atoms with van der Waals surface area (Å²) in [5.41, 5.74) is -2.45. The minimum absolute atomic E-state index is 0.0316. The van der Waals surface area contributed by atoms with E-state index >= 15 is 0 Å². The molecule has 0 aromatic heterocycles. The molecule has 3 aliphatic rings. The standard InChI is InChI=1S/C26H25ClF3N3O7S/c1-40-24(36)31-5-4-21(34)32-11-26(37)18-9-20(25(18)10-19(25)26)41(38,39)17-6-12(2-3-14(17)27)23(35)33-13-7-15(28)22(30)16(29)8-13/h2-3,6-8,18-20,37H,4-5,9-11H2,1H3,(H,31,36)(H,32,34)(H,33,35)/t18?,19?,20?,25?,26-/m1/s1. The largest absolute Gasteiger partial charge is 0.453 e. The van der Waals surface area contributed by atoms with E-state index in [0.29, 0.717) is 18.6 Å². The lowest BCUT2D eigenvalue weighted by atomic mass is 9.49. The van der Waals surface area contributed by atoms with Crippen LogP contribution in [-0.4, -0.2) is 62.5 Å². The number of hydrogen-bond donors (Lipinski definition) is 4. The summed E-state index contributed by atoms with van der Waals surface area (Å²) in [5, 5.41) is 17.4.